The van der Waals surface area contributed by atoms with Crippen LogP contribution in [0.1, 0.15) is 11.5 Å². The highest BCUT2D eigenvalue weighted by Gasteiger charge is 2.35. The number of alkyl halides is 3. The summed E-state index contributed by atoms with van der Waals surface area (Å²) in [5, 5.41) is 0.886. The minimum absolute atomic E-state index is 0.202. The minimum atomic E-state index is -4.57. The predicted molar refractivity (Wildman–Crippen MR) is 74.2 cm³/mol. The van der Waals surface area contributed by atoms with Crippen LogP contribution in [0.3, 0.4) is 0 Å². The fourth-order valence-corrected chi connectivity index (χ4v) is 2.83. The van der Waals surface area contributed by atoms with Crippen LogP contribution in [0.15, 0.2) is 46.3 Å². The molecular formula is C14H10F3N3S. The number of rotatable bonds is 2. The number of hydrogen-bond donors (Lipinski definition) is 1. The SMILES string of the molecule is Cc1cc2c(Sc3ccccc3)nc(C(F)(F)F)nc2[nH]1. The molecule has 0 fully saturated rings. The number of benzene rings is 1. The van der Waals surface area contributed by atoms with Gasteiger partial charge in [0.05, 0.1) is 5.39 Å². The van der Waals surface area contributed by atoms with E-state index in [2.05, 4.69) is 15.0 Å². The summed E-state index contributed by atoms with van der Waals surface area (Å²) < 4.78 is 38.7. The normalized spacial score (nSPS) is 12.0. The molecule has 1 aromatic carbocycles. The van der Waals surface area contributed by atoms with Gasteiger partial charge >= 0.3 is 6.18 Å². The molecule has 3 nitrogen and oxygen atoms in total. The Balaban J connectivity index is 2.15. The van der Waals surface area contributed by atoms with Gasteiger partial charge in [-0.15, -0.1) is 0 Å². The molecule has 0 spiro atoms. The van der Waals surface area contributed by atoms with Gasteiger partial charge in [0, 0.05) is 10.6 Å². The zero-order valence-electron chi connectivity index (χ0n) is 10.9. The molecule has 0 saturated carbocycles. The molecule has 0 amide bonds. The molecule has 0 atom stereocenters. The van der Waals surface area contributed by atoms with E-state index in [9.17, 15) is 13.2 Å². The van der Waals surface area contributed by atoms with Gasteiger partial charge in [-0.05, 0) is 25.1 Å². The average molecular weight is 309 g/mol. The van der Waals surface area contributed by atoms with Crippen molar-refractivity contribution in [2.24, 2.45) is 0 Å². The van der Waals surface area contributed by atoms with Crippen molar-refractivity contribution in [1.82, 2.24) is 15.0 Å². The first-order valence-electron chi connectivity index (χ1n) is 6.11. The van der Waals surface area contributed by atoms with Crippen LogP contribution in [0.25, 0.3) is 11.0 Å². The molecule has 108 valence electrons. The molecule has 2 aromatic heterocycles. The van der Waals surface area contributed by atoms with E-state index in [1.165, 1.54) is 11.8 Å². The Bertz CT molecular complexity index is 781. The van der Waals surface area contributed by atoms with E-state index in [1.54, 1.807) is 13.0 Å². The smallest absolute Gasteiger partial charge is 0.343 e. The van der Waals surface area contributed by atoms with Crippen LogP contribution >= 0.6 is 11.8 Å². The fourth-order valence-electron chi connectivity index (χ4n) is 1.92. The largest absolute Gasteiger partial charge is 0.451 e. The van der Waals surface area contributed by atoms with Crippen molar-refractivity contribution in [3.8, 4) is 0 Å². The Morgan fingerprint density at radius 3 is 2.48 bits per heavy atom. The first-order valence-corrected chi connectivity index (χ1v) is 6.92. The molecular weight excluding hydrogens is 299 g/mol. The van der Waals surface area contributed by atoms with Gasteiger partial charge in [-0.2, -0.15) is 13.2 Å². The molecule has 0 radical (unpaired) electrons. The van der Waals surface area contributed by atoms with Crippen LogP contribution in [0.2, 0.25) is 0 Å². The van der Waals surface area contributed by atoms with Crippen LogP contribution in [-0.4, -0.2) is 15.0 Å². The fraction of sp³-hybridized carbons (Fsp3) is 0.143. The summed E-state index contributed by atoms with van der Waals surface area (Å²) in [5.41, 5.74) is 0.946. The van der Waals surface area contributed by atoms with E-state index in [1.807, 2.05) is 30.3 Å². The van der Waals surface area contributed by atoms with Crippen LogP contribution < -0.4 is 0 Å². The van der Waals surface area contributed by atoms with E-state index >= 15 is 0 Å². The molecule has 3 aromatic rings. The van der Waals surface area contributed by atoms with Crippen molar-refractivity contribution in [3.63, 3.8) is 0 Å². The minimum Gasteiger partial charge on any atom is -0.343 e. The second-order valence-corrected chi connectivity index (χ2v) is 5.54. The van der Waals surface area contributed by atoms with E-state index in [0.29, 0.717) is 10.4 Å². The maximum atomic E-state index is 12.9. The first kappa shape index (κ1) is 13.9. The highest BCUT2D eigenvalue weighted by molar-refractivity contribution is 7.99. The van der Waals surface area contributed by atoms with Gasteiger partial charge in [-0.1, -0.05) is 30.0 Å². The van der Waals surface area contributed by atoms with Gasteiger partial charge in [0.1, 0.15) is 10.7 Å². The van der Waals surface area contributed by atoms with Crippen LogP contribution in [0, 0.1) is 6.92 Å². The Morgan fingerprint density at radius 1 is 1.10 bits per heavy atom. The van der Waals surface area contributed by atoms with Crippen molar-refractivity contribution in [3.05, 3.63) is 47.9 Å². The molecule has 2 heterocycles. The summed E-state index contributed by atoms with van der Waals surface area (Å²) in [4.78, 5) is 10.9. The number of H-pyrrole nitrogens is 1. The Hall–Kier alpha value is -2.02. The lowest BCUT2D eigenvalue weighted by atomic mass is 10.4. The number of fused-ring (bicyclic) bond motifs is 1. The average Bonchev–Trinajstić information content (AvgIpc) is 2.79. The van der Waals surface area contributed by atoms with Crippen molar-refractivity contribution in [2.75, 3.05) is 0 Å². The van der Waals surface area contributed by atoms with Gasteiger partial charge in [0.25, 0.3) is 0 Å². The van der Waals surface area contributed by atoms with Crippen LogP contribution in [-0.2, 0) is 6.18 Å². The third-order valence-electron chi connectivity index (χ3n) is 2.80. The molecule has 0 aliphatic carbocycles. The first-order chi connectivity index (χ1) is 9.93. The lowest BCUT2D eigenvalue weighted by Gasteiger charge is -2.08. The van der Waals surface area contributed by atoms with E-state index in [0.717, 1.165) is 10.6 Å². The van der Waals surface area contributed by atoms with Crippen molar-refractivity contribution in [1.29, 1.82) is 0 Å². The highest BCUT2D eigenvalue weighted by Crippen LogP contribution is 2.35. The monoisotopic (exact) mass is 309 g/mol. The number of hydrogen-bond acceptors (Lipinski definition) is 3. The van der Waals surface area contributed by atoms with Crippen LogP contribution in [0.4, 0.5) is 13.2 Å². The van der Waals surface area contributed by atoms with Gasteiger partial charge in [-0.3, -0.25) is 0 Å². The zero-order valence-corrected chi connectivity index (χ0v) is 11.7. The number of halogens is 3. The zero-order chi connectivity index (χ0) is 15.0. The van der Waals surface area contributed by atoms with E-state index in [-0.39, 0.29) is 5.65 Å². The highest BCUT2D eigenvalue weighted by atomic mass is 32.2. The van der Waals surface area contributed by atoms with Crippen molar-refractivity contribution in [2.45, 2.75) is 23.0 Å². The van der Waals surface area contributed by atoms with Gasteiger partial charge < -0.3 is 4.98 Å². The third-order valence-corrected chi connectivity index (χ3v) is 3.81. The molecule has 21 heavy (non-hydrogen) atoms. The number of nitrogens with one attached hydrogen (secondary N) is 1. The molecule has 7 heteroatoms. The molecule has 1 N–H and O–H groups in total. The predicted octanol–water partition coefficient (Wildman–Crippen LogP) is 4.44. The second kappa shape index (κ2) is 5.07. The lowest BCUT2D eigenvalue weighted by molar-refractivity contribution is -0.145. The van der Waals surface area contributed by atoms with E-state index in [4.69, 9.17) is 0 Å². The summed E-state index contributed by atoms with van der Waals surface area (Å²) in [6.07, 6.45) is -4.57. The summed E-state index contributed by atoms with van der Waals surface area (Å²) in [6, 6.07) is 10.9. The standard InChI is InChI=1S/C14H10F3N3S/c1-8-7-10-11(18-8)19-13(14(15,16)17)20-12(10)21-9-5-3-2-4-6-9/h2-7H,1H3,(H,18,19,20). The Labute approximate surface area is 122 Å². The molecule has 0 unspecified atom stereocenters. The quantitative estimate of drug-likeness (QED) is 0.712. The number of nitrogens with zero attached hydrogens (tertiary/aromatic N) is 2. The lowest BCUT2D eigenvalue weighted by Crippen LogP contribution is -2.11. The van der Waals surface area contributed by atoms with Gasteiger partial charge in [0.15, 0.2) is 0 Å². The van der Waals surface area contributed by atoms with E-state index < -0.39 is 12.0 Å². The summed E-state index contributed by atoms with van der Waals surface area (Å²) in [6.45, 7) is 1.77. The summed E-state index contributed by atoms with van der Waals surface area (Å²) in [5.74, 6) is -1.13. The molecule has 0 bridgehead atoms. The topological polar surface area (TPSA) is 41.6 Å². The van der Waals surface area contributed by atoms with Crippen molar-refractivity contribution < 1.29 is 13.2 Å². The van der Waals surface area contributed by atoms with Gasteiger partial charge in [0.2, 0.25) is 5.82 Å². The summed E-state index contributed by atoms with van der Waals surface area (Å²) >= 11 is 1.19. The molecule has 3 rings (SSSR count). The molecule has 0 aliphatic heterocycles. The number of aromatic amines is 1. The third kappa shape index (κ3) is 2.87. The molecule has 0 saturated heterocycles. The molecule has 0 aliphatic rings. The Morgan fingerprint density at radius 2 is 1.81 bits per heavy atom. The van der Waals surface area contributed by atoms with Gasteiger partial charge in [-0.25, -0.2) is 9.97 Å². The number of aromatic nitrogens is 3. The Kier molecular flexibility index (Phi) is 3.36. The maximum Gasteiger partial charge on any atom is 0.451 e. The maximum absolute atomic E-state index is 12.9. The number of aryl methyl sites for hydroxylation is 1. The summed E-state index contributed by atoms with van der Waals surface area (Å²) in [7, 11) is 0. The van der Waals surface area contributed by atoms with Crippen LogP contribution in [0.5, 0.6) is 0 Å². The second-order valence-electron chi connectivity index (χ2n) is 4.48. The van der Waals surface area contributed by atoms with Crippen molar-refractivity contribution >= 4 is 22.8 Å².